The lowest BCUT2D eigenvalue weighted by molar-refractivity contribution is -0.137. The molecule has 0 atom stereocenters. The van der Waals surface area contributed by atoms with Gasteiger partial charge in [0.1, 0.15) is 22.3 Å². The normalized spacial score (nSPS) is 15.2. The molecule has 0 bridgehead atoms. The molecule has 1 saturated heterocycles. The van der Waals surface area contributed by atoms with Crippen LogP contribution >= 0.6 is 22.9 Å². The molecule has 0 unspecified atom stereocenters. The van der Waals surface area contributed by atoms with Crippen LogP contribution in [0.25, 0.3) is 28.7 Å². The maximum Gasteiger partial charge on any atom is 0.416 e. The molecule has 204 valence electrons. The maximum atomic E-state index is 13.6. The summed E-state index contributed by atoms with van der Waals surface area (Å²) in [4.78, 5) is 28.4. The predicted octanol–water partition coefficient (Wildman–Crippen LogP) is 4.19. The number of thiazole rings is 1. The van der Waals surface area contributed by atoms with E-state index in [9.17, 15) is 28.0 Å². The molecule has 7 nitrogen and oxygen atoms in total. The first-order valence-electron chi connectivity index (χ1n) is 11.9. The number of morpholine rings is 1. The summed E-state index contributed by atoms with van der Waals surface area (Å²) in [6.07, 6.45) is -3.15. The second-order valence-electron chi connectivity index (χ2n) is 8.68. The highest BCUT2D eigenvalue weighted by atomic mass is 35.5. The number of halogens is 4. The number of aromatic nitrogens is 1. The second-order valence-corrected chi connectivity index (χ2v) is 10.1. The van der Waals surface area contributed by atoms with Crippen LogP contribution < -0.4 is 14.8 Å². The first kappa shape index (κ1) is 27.5. The van der Waals surface area contributed by atoms with Crippen molar-refractivity contribution in [3.8, 4) is 23.1 Å². The zero-order chi connectivity index (χ0) is 28.4. The molecule has 4 aromatic rings. The van der Waals surface area contributed by atoms with E-state index in [0.29, 0.717) is 32.0 Å². The number of hydrogen-bond donors (Lipinski definition) is 0. The summed E-state index contributed by atoms with van der Waals surface area (Å²) in [6.45, 7) is 1.32. The summed E-state index contributed by atoms with van der Waals surface area (Å²) in [5.74, 6) is -0.261. The molecule has 40 heavy (non-hydrogen) atoms. The van der Waals surface area contributed by atoms with Crippen LogP contribution in [0.5, 0.6) is 0 Å². The Kier molecular flexibility index (Phi) is 7.67. The Morgan fingerprint density at radius 2 is 1.80 bits per heavy atom. The fourth-order valence-electron chi connectivity index (χ4n) is 4.17. The number of nitrogens with zero attached hydrogens (tertiary/aromatic N) is 3. The fourth-order valence-corrected chi connectivity index (χ4v) is 5.46. The summed E-state index contributed by atoms with van der Waals surface area (Å²) in [6, 6.07) is 16.4. The Labute approximate surface area is 234 Å². The van der Waals surface area contributed by atoms with Crippen LogP contribution in [-0.4, -0.2) is 41.7 Å². The van der Waals surface area contributed by atoms with Crippen LogP contribution in [0.15, 0.2) is 69.9 Å². The van der Waals surface area contributed by atoms with Crippen molar-refractivity contribution in [2.45, 2.75) is 6.18 Å². The van der Waals surface area contributed by atoms with E-state index in [-0.39, 0.29) is 36.9 Å². The zero-order valence-electron chi connectivity index (χ0n) is 20.6. The standard InChI is InChI=1S/C28H19ClF3N3O4S/c29-22-8-6-17(28(30,31)32)14-20(22)23-9-7-19(39-23)15-24-26(37)35(18-4-2-1-3-5-18)27(40-24)21(16-33)25(36)34-10-12-38-13-11-34/h1-9,14-15H,10-13H2/b24-15+,27-21-. The van der Waals surface area contributed by atoms with E-state index in [0.717, 1.165) is 29.5 Å². The number of amides is 1. The summed E-state index contributed by atoms with van der Waals surface area (Å²) in [5.41, 5.74) is -1.07. The highest BCUT2D eigenvalue weighted by Crippen LogP contribution is 2.36. The number of ether oxygens (including phenoxy) is 1. The molecule has 0 aliphatic carbocycles. The molecule has 5 rings (SSSR count). The molecular formula is C28H19ClF3N3O4S. The van der Waals surface area contributed by atoms with E-state index >= 15 is 0 Å². The summed E-state index contributed by atoms with van der Waals surface area (Å²) >= 11 is 7.08. The number of para-hydroxylation sites is 1. The third-order valence-electron chi connectivity index (χ3n) is 6.14. The highest BCUT2D eigenvalue weighted by Gasteiger charge is 2.31. The van der Waals surface area contributed by atoms with Gasteiger partial charge in [0.15, 0.2) is 5.57 Å². The van der Waals surface area contributed by atoms with Gasteiger partial charge in [0, 0.05) is 24.7 Å². The smallest absolute Gasteiger partial charge is 0.416 e. The summed E-state index contributed by atoms with van der Waals surface area (Å²) in [7, 11) is 0. The molecule has 1 aliphatic heterocycles. The zero-order valence-corrected chi connectivity index (χ0v) is 22.1. The van der Waals surface area contributed by atoms with E-state index in [1.165, 1.54) is 27.7 Å². The molecule has 2 aromatic heterocycles. The average Bonchev–Trinajstić information content (AvgIpc) is 3.54. The third-order valence-corrected chi connectivity index (χ3v) is 7.56. The van der Waals surface area contributed by atoms with Crippen molar-refractivity contribution in [1.29, 1.82) is 5.26 Å². The number of furan rings is 1. The van der Waals surface area contributed by atoms with Crippen molar-refractivity contribution >= 4 is 40.5 Å². The summed E-state index contributed by atoms with van der Waals surface area (Å²) in [5, 5.41) is 10.0. The van der Waals surface area contributed by atoms with Gasteiger partial charge in [-0.25, -0.2) is 0 Å². The minimum absolute atomic E-state index is 0.0425. The third kappa shape index (κ3) is 5.47. The summed E-state index contributed by atoms with van der Waals surface area (Å²) < 4.78 is 52.3. The number of alkyl halides is 3. The first-order valence-corrected chi connectivity index (χ1v) is 13.1. The van der Waals surface area contributed by atoms with Gasteiger partial charge in [0.05, 0.1) is 34.0 Å². The van der Waals surface area contributed by atoms with Gasteiger partial charge in [0.2, 0.25) is 0 Å². The van der Waals surface area contributed by atoms with Gasteiger partial charge in [-0.3, -0.25) is 14.2 Å². The number of nitriles is 1. The molecule has 1 fully saturated rings. The fraction of sp³-hybridized carbons (Fsp3) is 0.179. The van der Waals surface area contributed by atoms with E-state index in [1.54, 1.807) is 30.3 Å². The number of carbonyl (C=O) groups excluding carboxylic acids is 1. The minimum Gasteiger partial charge on any atom is -0.457 e. The molecule has 0 spiro atoms. The van der Waals surface area contributed by atoms with Gasteiger partial charge < -0.3 is 14.1 Å². The van der Waals surface area contributed by atoms with Crippen LogP contribution in [0.3, 0.4) is 0 Å². The lowest BCUT2D eigenvalue weighted by atomic mass is 10.1. The van der Waals surface area contributed by atoms with Gasteiger partial charge >= 0.3 is 6.18 Å². The largest absolute Gasteiger partial charge is 0.457 e. The molecule has 1 amide bonds. The molecule has 12 heteroatoms. The van der Waals surface area contributed by atoms with E-state index < -0.39 is 23.2 Å². The van der Waals surface area contributed by atoms with Crippen molar-refractivity contribution < 1.29 is 27.1 Å². The van der Waals surface area contributed by atoms with Gasteiger partial charge in [-0.15, -0.1) is 11.3 Å². The van der Waals surface area contributed by atoms with Crippen molar-refractivity contribution in [2.75, 3.05) is 26.3 Å². The van der Waals surface area contributed by atoms with Crippen LogP contribution in [0.2, 0.25) is 5.02 Å². The number of carbonyl (C=O) groups is 1. The Bertz CT molecular complexity index is 1800. The quantitative estimate of drug-likeness (QED) is 0.358. The van der Waals surface area contributed by atoms with Gasteiger partial charge in [-0.05, 0) is 42.5 Å². The van der Waals surface area contributed by atoms with Crippen LogP contribution in [0, 0.1) is 11.3 Å². The van der Waals surface area contributed by atoms with E-state index in [2.05, 4.69) is 0 Å². The van der Waals surface area contributed by atoms with Gasteiger partial charge in [0.25, 0.3) is 11.5 Å². The Morgan fingerprint density at radius 1 is 1.07 bits per heavy atom. The van der Waals surface area contributed by atoms with Gasteiger partial charge in [-0.1, -0.05) is 29.8 Å². The molecule has 1 aliphatic rings. The molecular weight excluding hydrogens is 567 g/mol. The van der Waals surface area contributed by atoms with Crippen molar-refractivity contribution in [3.63, 3.8) is 0 Å². The Hall–Kier alpha value is -4.11. The molecule has 2 aromatic carbocycles. The molecule has 0 saturated carbocycles. The van der Waals surface area contributed by atoms with E-state index in [1.807, 2.05) is 6.07 Å². The lowest BCUT2D eigenvalue weighted by Gasteiger charge is -2.26. The van der Waals surface area contributed by atoms with Gasteiger partial charge in [-0.2, -0.15) is 18.4 Å². The van der Waals surface area contributed by atoms with Crippen molar-refractivity contribution in [2.24, 2.45) is 0 Å². The highest BCUT2D eigenvalue weighted by molar-refractivity contribution is 7.07. The topological polar surface area (TPSA) is 88.5 Å². The van der Waals surface area contributed by atoms with Crippen LogP contribution in [0.4, 0.5) is 13.2 Å². The number of benzene rings is 2. The molecule has 0 N–H and O–H groups in total. The van der Waals surface area contributed by atoms with Crippen LogP contribution in [-0.2, 0) is 15.7 Å². The monoisotopic (exact) mass is 585 g/mol. The molecule has 0 radical (unpaired) electrons. The number of rotatable bonds is 4. The Morgan fingerprint density at radius 3 is 2.48 bits per heavy atom. The SMILES string of the molecule is N#C/C(C(=O)N1CCOCC1)=c1/s/c(=C/c2ccc(-c3cc(C(F)(F)F)ccc3Cl)o2)c(=O)n1-c1ccccc1. The lowest BCUT2D eigenvalue weighted by Crippen LogP contribution is -2.42. The Balaban J connectivity index is 1.65. The first-order chi connectivity index (χ1) is 19.2. The predicted molar refractivity (Wildman–Crippen MR) is 143 cm³/mol. The van der Waals surface area contributed by atoms with E-state index in [4.69, 9.17) is 20.8 Å². The van der Waals surface area contributed by atoms with Crippen molar-refractivity contribution in [3.05, 3.63) is 96.6 Å². The average molecular weight is 586 g/mol. The maximum absolute atomic E-state index is 13.6. The van der Waals surface area contributed by atoms with Crippen molar-refractivity contribution in [1.82, 2.24) is 9.47 Å². The minimum atomic E-state index is -4.57. The second kappa shape index (κ2) is 11.2. The molecule has 3 heterocycles. The van der Waals surface area contributed by atoms with Crippen LogP contribution in [0.1, 0.15) is 11.3 Å². The number of hydrogen-bond acceptors (Lipinski definition) is 6.